The first-order valence-corrected chi connectivity index (χ1v) is 9.87. The Morgan fingerprint density at radius 2 is 2.00 bits per heavy atom. The molecule has 11 heteroatoms. The monoisotopic (exact) mass is 471 g/mol. The van der Waals surface area contributed by atoms with Crippen molar-refractivity contribution >= 4 is 29.4 Å². The smallest absolute Gasteiger partial charge is 0.378 e. The lowest BCUT2D eigenvalue weighted by molar-refractivity contribution is -0.137. The summed E-state index contributed by atoms with van der Waals surface area (Å²) in [5, 5.41) is 9.27. The number of aromatic nitrogens is 1. The number of alkyl halides is 3. The molecule has 2 unspecified atom stereocenters. The number of rotatable bonds is 3. The van der Waals surface area contributed by atoms with Crippen LogP contribution in [0.15, 0.2) is 24.3 Å². The number of aryl methyl sites for hydroxylation is 1. The fourth-order valence-electron chi connectivity index (χ4n) is 3.22. The zero-order valence-corrected chi connectivity index (χ0v) is 18.4. The number of hydrogen-bond acceptors (Lipinski definition) is 6. The highest BCUT2D eigenvalue weighted by molar-refractivity contribution is 6.31. The van der Waals surface area contributed by atoms with E-state index in [1.165, 1.54) is 17.9 Å². The first kappa shape index (κ1) is 25.4. The van der Waals surface area contributed by atoms with Crippen molar-refractivity contribution in [1.82, 2.24) is 4.98 Å². The Morgan fingerprint density at radius 1 is 1.34 bits per heavy atom. The molecule has 2 heterocycles. The van der Waals surface area contributed by atoms with E-state index in [1.807, 2.05) is 19.0 Å². The van der Waals surface area contributed by atoms with Gasteiger partial charge in [-0.2, -0.15) is 18.4 Å². The highest BCUT2D eigenvalue weighted by Crippen LogP contribution is 2.37. The number of hydrogen-bond donors (Lipinski definition) is 1. The van der Waals surface area contributed by atoms with E-state index in [0.717, 1.165) is 11.8 Å². The molecule has 0 aliphatic carbocycles. The Morgan fingerprint density at radius 3 is 2.50 bits per heavy atom. The van der Waals surface area contributed by atoms with Crippen LogP contribution in [-0.4, -0.2) is 44.0 Å². The molecule has 6 nitrogen and oxygen atoms in total. The third-order valence-corrected chi connectivity index (χ3v) is 5.17. The molecule has 32 heavy (non-hydrogen) atoms. The van der Waals surface area contributed by atoms with Crippen molar-refractivity contribution in [1.29, 1.82) is 5.26 Å². The second kappa shape index (κ2) is 10.1. The highest BCUT2D eigenvalue weighted by Gasteiger charge is 2.39. The molecule has 1 aromatic carbocycles. The van der Waals surface area contributed by atoms with E-state index in [0.29, 0.717) is 12.7 Å². The topological polar surface area (TPSA) is 86.3 Å². The van der Waals surface area contributed by atoms with Crippen molar-refractivity contribution in [3.63, 3.8) is 0 Å². The Kier molecular flexibility index (Phi) is 8.04. The van der Waals surface area contributed by atoms with Gasteiger partial charge < -0.3 is 20.3 Å². The number of benzene rings is 1. The molecule has 1 saturated heterocycles. The maximum Gasteiger partial charge on any atom is 0.417 e. The number of halogens is 5. The Labute approximate surface area is 188 Å². The van der Waals surface area contributed by atoms with Crippen molar-refractivity contribution < 1.29 is 22.4 Å². The van der Waals surface area contributed by atoms with Crippen LogP contribution < -0.4 is 15.5 Å². The number of nitrogens with zero attached hydrogens (tertiary/aromatic N) is 4. The van der Waals surface area contributed by atoms with E-state index in [2.05, 4.69) is 4.98 Å². The van der Waals surface area contributed by atoms with E-state index >= 15 is 0 Å². The second-order valence-electron chi connectivity index (χ2n) is 7.38. The molecule has 1 aromatic heterocycles. The molecule has 0 spiro atoms. The molecule has 0 radical (unpaired) electrons. The normalized spacial score (nSPS) is 17.9. The third kappa shape index (κ3) is 5.66. The summed E-state index contributed by atoms with van der Waals surface area (Å²) in [4.78, 5) is 18.4. The van der Waals surface area contributed by atoms with Crippen molar-refractivity contribution in [2.75, 3.05) is 30.4 Å². The minimum Gasteiger partial charge on any atom is -0.378 e. The first-order chi connectivity index (χ1) is 14.9. The fourth-order valence-corrected chi connectivity index (χ4v) is 3.40. The van der Waals surface area contributed by atoms with Crippen LogP contribution in [0.2, 0.25) is 5.02 Å². The molecule has 2 aromatic rings. The van der Waals surface area contributed by atoms with Gasteiger partial charge in [-0.05, 0) is 37.6 Å². The summed E-state index contributed by atoms with van der Waals surface area (Å²) in [5.41, 5.74) is 5.17. The molecule has 0 saturated carbocycles. The van der Waals surface area contributed by atoms with Crippen molar-refractivity contribution in [3.05, 3.63) is 51.9 Å². The van der Waals surface area contributed by atoms with Crippen LogP contribution in [0.25, 0.3) is 0 Å². The van der Waals surface area contributed by atoms with Gasteiger partial charge in [-0.25, -0.2) is 9.37 Å². The predicted octanol–water partition coefficient (Wildman–Crippen LogP) is 3.93. The van der Waals surface area contributed by atoms with Crippen molar-refractivity contribution in [2.24, 2.45) is 5.73 Å². The van der Waals surface area contributed by atoms with E-state index in [9.17, 15) is 22.4 Å². The lowest BCUT2D eigenvalue weighted by atomic mass is 10.1. The van der Waals surface area contributed by atoms with Gasteiger partial charge in [-0.1, -0.05) is 11.6 Å². The number of carbonyl (C=O) groups excluding carboxylic acids is 1. The molecule has 2 N–H and O–H groups in total. The van der Waals surface area contributed by atoms with Crippen LogP contribution in [0.3, 0.4) is 0 Å². The largest absolute Gasteiger partial charge is 0.417 e. The highest BCUT2D eigenvalue weighted by atomic mass is 35.5. The van der Waals surface area contributed by atoms with E-state index in [4.69, 9.17) is 22.6 Å². The number of aldehydes is 1. The van der Waals surface area contributed by atoms with Crippen molar-refractivity contribution in [2.45, 2.75) is 31.6 Å². The molecule has 2 atom stereocenters. The molecule has 1 fully saturated rings. The van der Waals surface area contributed by atoms with Gasteiger partial charge in [-0.15, -0.1) is 0 Å². The molecule has 0 amide bonds. The molecular weight excluding hydrogens is 450 g/mol. The van der Waals surface area contributed by atoms with Gasteiger partial charge in [0.25, 0.3) is 0 Å². The standard InChI is InChI=1S/C13H13F3N4O.C8H9ClFN/c1-7-4-9(13(14,15)16)8(5-17)12(19-7)20-3-2-10(18)11(20)6-21;1-11(2)6-3-4-8(10)7(9)5-6/h4,6,10-11H,2-3,18H2,1H3;3-5H,1-2H3. The molecule has 1 aliphatic heterocycles. The molecule has 0 bridgehead atoms. The number of pyridine rings is 1. The van der Waals surface area contributed by atoms with E-state index < -0.39 is 29.4 Å². The number of nitriles is 1. The predicted molar refractivity (Wildman–Crippen MR) is 114 cm³/mol. The summed E-state index contributed by atoms with van der Waals surface area (Å²) < 4.78 is 51.8. The van der Waals surface area contributed by atoms with E-state index in [-0.39, 0.29) is 28.9 Å². The van der Waals surface area contributed by atoms with Gasteiger partial charge in [0.05, 0.1) is 10.6 Å². The zero-order chi connectivity index (χ0) is 24.2. The third-order valence-electron chi connectivity index (χ3n) is 4.88. The van der Waals surface area contributed by atoms with Crippen LogP contribution in [0.5, 0.6) is 0 Å². The zero-order valence-electron chi connectivity index (χ0n) is 17.6. The summed E-state index contributed by atoms with van der Waals surface area (Å²) >= 11 is 5.56. The molecule has 1 aliphatic rings. The quantitative estimate of drug-likeness (QED) is 0.539. The SMILES string of the molecule is CN(C)c1ccc(F)c(Cl)c1.Cc1cc(C(F)(F)F)c(C#N)c(N2CCC(N)C2C=O)n1. The summed E-state index contributed by atoms with van der Waals surface area (Å²) in [6.45, 7) is 1.69. The minimum atomic E-state index is -4.66. The molecule has 3 rings (SSSR count). The minimum absolute atomic E-state index is 0.126. The number of anilines is 2. The van der Waals surface area contributed by atoms with Gasteiger partial charge in [0.15, 0.2) is 0 Å². The van der Waals surface area contributed by atoms with Crippen LogP contribution in [0.4, 0.5) is 29.1 Å². The van der Waals surface area contributed by atoms with Crippen LogP contribution >= 0.6 is 11.6 Å². The van der Waals surface area contributed by atoms with Gasteiger partial charge in [0.2, 0.25) is 0 Å². The average molecular weight is 472 g/mol. The van der Waals surface area contributed by atoms with Crippen molar-refractivity contribution in [3.8, 4) is 6.07 Å². The lowest BCUT2D eigenvalue weighted by Crippen LogP contribution is -2.41. The number of carbonyl (C=O) groups is 1. The van der Waals surface area contributed by atoms with Gasteiger partial charge >= 0.3 is 6.18 Å². The average Bonchev–Trinajstić information content (AvgIpc) is 3.09. The maximum atomic E-state index is 13.0. The lowest BCUT2D eigenvalue weighted by Gasteiger charge is -2.25. The van der Waals surface area contributed by atoms with E-state index in [1.54, 1.807) is 18.2 Å². The Balaban J connectivity index is 0.000000278. The Bertz CT molecular complexity index is 1020. The first-order valence-electron chi connectivity index (χ1n) is 9.49. The molecule has 172 valence electrons. The van der Waals surface area contributed by atoms with Gasteiger partial charge in [0.1, 0.15) is 35.6 Å². The fraction of sp³-hybridized carbons (Fsp3) is 0.381. The Hall–Kier alpha value is -2.90. The summed E-state index contributed by atoms with van der Waals surface area (Å²) in [6.07, 6.45) is -3.63. The maximum absolute atomic E-state index is 13.0. The second-order valence-corrected chi connectivity index (χ2v) is 7.79. The van der Waals surface area contributed by atoms with Gasteiger partial charge in [-0.3, -0.25) is 0 Å². The van der Waals surface area contributed by atoms with Crippen LogP contribution in [0.1, 0.15) is 23.2 Å². The van der Waals surface area contributed by atoms with Gasteiger partial charge in [0, 0.05) is 38.1 Å². The molecular formula is C21H22ClF4N5O. The van der Waals surface area contributed by atoms with Crippen LogP contribution in [0, 0.1) is 24.1 Å². The summed E-state index contributed by atoms with van der Waals surface area (Å²) in [6, 6.07) is 5.76. The summed E-state index contributed by atoms with van der Waals surface area (Å²) in [5.74, 6) is -0.507. The summed E-state index contributed by atoms with van der Waals surface area (Å²) in [7, 11) is 3.76. The van der Waals surface area contributed by atoms with Crippen LogP contribution in [-0.2, 0) is 11.0 Å². The number of nitrogens with two attached hydrogens (primary N) is 1.